The van der Waals surface area contributed by atoms with E-state index in [4.69, 9.17) is 21.1 Å². The zero-order valence-electron chi connectivity index (χ0n) is 18.7. The number of halogens is 1. The van der Waals surface area contributed by atoms with Gasteiger partial charge in [-0.25, -0.2) is 0 Å². The van der Waals surface area contributed by atoms with Crippen molar-refractivity contribution in [2.45, 2.75) is 26.7 Å². The number of carbonyl (C=O) groups excluding carboxylic acids is 3. The number of hydrogen-bond acceptors (Lipinski definition) is 5. The second kappa shape index (κ2) is 11.6. The van der Waals surface area contributed by atoms with Crippen LogP contribution in [0.3, 0.4) is 0 Å². The summed E-state index contributed by atoms with van der Waals surface area (Å²) in [5.74, 6) is 0.443. The van der Waals surface area contributed by atoms with Crippen molar-refractivity contribution in [3.05, 3.63) is 47.5 Å². The van der Waals surface area contributed by atoms with E-state index in [9.17, 15) is 14.4 Å². The highest BCUT2D eigenvalue weighted by molar-refractivity contribution is 6.32. The molecule has 1 aliphatic carbocycles. The molecule has 3 rings (SSSR count). The van der Waals surface area contributed by atoms with Crippen LogP contribution in [0.2, 0.25) is 5.02 Å². The Labute approximate surface area is 198 Å². The zero-order chi connectivity index (χ0) is 23.8. The molecule has 1 saturated carbocycles. The van der Waals surface area contributed by atoms with Gasteiger partial charge in [-0.3, -0.25) is 14.4 Å². The molecule has 2 aromatic carbocycles. The highest BCUT2D eigenvalue weighted by Crippen LogP contribution is 2.31. The third-order valence-corrected chi connectivity index (χ3v) is 5.40. The number of benzene rings is 2. The summed E-state index contributed by atoms with van der Waals surface area (Å²) in [6.45, 7) is 4.70. The second-order valence-electron chi connectivity index (χ2n) is 7.63. The van der Waals surface area contributed by atoms with Gasteiger partial charge in [0, 0.05) is 36.4 Å². The summed E-state index contributed by atoms with van der Waals surface area (Å²) < 4.78 is 11.1. The molecule has 8 nitrogen and oxygen atoms in total. The van der Waals surface area contributed by atoms with E-state index >= 15 is 0 Å². The Balaban J connectivity index is 1.48. The molecule has 0 aliphatic heterocycles. The van der Waals surface area contributed by atoms with Gasteiger partial charge >= 0.3 is 0 Å². The van der Waals surface area contributed by atoms with Crippen molar-refractivity contribution in [3.8, 4) is 11.5 Å². The van der Waals surface area contributed by atoms with Gasteiger partial charge in [0.25, 0.3) is 11.8 Å². The van der Waals surface area contributed by atoms with E-state index < -0.39 is 0 Å². The van der Waals surface area contributed by atoms with Crippen LogP contribution in [-0.2, 0) is 14.4 Å². The number of amides is 3. The molecule has 0 atom stereocenters. The van der Waals surface area contributed by atoms with Crippen LogP contribution >= 0.6 is 11.6 Å². The normalized spacial score (nSPS) is 12.6. The molecule has 1 aliphatic rings. The van der Waals surface area contributed by atoms with Gasteiger partial charge in [-0.15, -0.1) is 0 Å². The largest absolute Gasteiger partial charge is 0.484 e. The fraction of sp³-hybridized carbons (Fsp3) is 0.375. The number of carbonyl (C=O) groups is 3. The van der Waals surface area contributed by atoms with Gasteiger partial charge in [0.2, 0.25) is 5.91 Å². The third-order valence-electron chi connectivity index (χ3n) is 5.10. The highest BCUT2D eigenvalue weighted by Gasteiger charge is 2.29. The summed E-state index contributed by atoms with van der Waals surface area (Å²) in [6, 6.07) is 11.7. The SMILES string of the molecule is CCN(CC)C(=O)COc1ccc(NC(=O)COc2cccc(NC(=O)C3CC3)c2)cc1Cl. The number of rotatable bonds is 11. The molecule has 2 aromatic rings. The predicted molar refractivity (Wildman–Crippen MR) is 127 cm³/mol. The van der Waals surface area contributed by atoms with Crippen molar-refractivity contribution >= 4 is 40.7 Å². The number of likely N-dealkylation sites (N-methyl/N-ethyl adjacent to an activating group) is 1. The first-order chi connectivity index (χ1) is 15.9. The molecule has 3 amide bonds. The van der Waals surface area contributed by atoms with Crippen LogP contribution in [0.25, 0.3) is 0 Å². The summed E-state index contributed by atoms with van der Waals surface area (Å²) in [5, 5.41) is 5.82. The standard InChI is InChI=1S/C24H28ClN3O5/c1-3-28(4-2)23(30)15-33-21-11-10-18(13-20(21)25)26-22(29)14-32-19-7-5-6-17(12-19)27-24(31)16-8-9-16/h5-7,10-13,16H,3-4,8-9,14-15H2,1-2H3,(H,26,29)(H,27,31). The Bertz CT molecular complexity index is 1010. The molecular formula is C24H28ClN3O5. The van der Waals surface area contributed by atoms with E-state index in [1.54, 1.807) is 47.4 Å². The van der Waals surface area contributed by atoms with Crippen molar-refractivity contribution in [3.63, 3.8) is 0 Å². The van der Waals surface area contributed by atoms with Crippen molar-refractivity contribution in [1.29, 1.82) is 0 Å². The Morgan fingerprint density at radius 3 is 2.36 bits per heavy atom. The molecule has 0 bridgehead atoms. The maximum absolute atomic E-state index is 12.3. The minimum atomic E-state index is -0.371. The fourth-order valence-corrected chi connectivity index (χ4v) is 3.34. The lowest BCUT2D eigenvalue weighted by Crippen LogP contribution is -2.34. The van der Waals surface area contributed by atoms with Crippen LogP contribution in [0.15, 0.2) is 42.5 Å². The molecule has 0 radical (unpaired) electrons. The fourth-order valence-electron chi connectivity index (χ4n) is 3.10. The van der Waals surface area contributed by atoms with Crippen LogP contribution in [-0.4, -0.2) is 48.9 Å². The summed E-state index contributed by atoms with van der Waals surface area (Å²) in [7, 11) is 0. The molecule has 1 fully saturated rings. The maximum Gasteiger partial charge on any atom is 0.262 e. The molecular weight excluding hydrogens is 446 g/mol. The molecule has 0 aromatic heterocycles. The van der Waals surface area contributed by atoms with Crippen molar-refractivity contribution in [2.24, 2.45) is 5.92 Å². The van der Waals surface area contributed by atoms with Crippen molar-refractivity contribution in [2.75, 3.05) is 36.9 Å². The number of nitrogens with one attached hydrogen (secondary N) is 2. The van der Waals surface area contributed by atoms with Crippen LogP contribution in [0.5, 0.6) is 11.5 Å². The predicted octanol–water partition coefficient (Wildman–Crippen LogP) is 3.95. The number of nitrogens with zero attached hydrogens (tertiary/aromatic N) is 1. The number of anilines is 2. The van der Waals surface area contributed by atoms with Crippen LogP contribution < -0.4 is 20.1 Å². The second-order valence-corrected chi connectivity index (χ2v) is 8.04. The lowest BCUT2D eigenvalue weighted by Gasteiger charge is -2.19. The van der Waals surface area contributed by atoms with Gasteiger partial charge in [-0.1, -0.05) is 17.7 Å². The van der Waals surface area contributed by atoms with Crippen LogP contribution in [0.1, 0.15) is 26.7 Å². The molecule has 0 saturated heterocycles. The first-order valence-electron chi connectivity index (χ1n) is 10.9. The van der Waals surface area contributed by atoms with Gasteiger partial charge in [0.1, 0.15) is 11.5 Å². The zero-order valence-corrected chi connectivity index (χ0v) is 19.5. The Hall–Kier alpha value is -3.26. The third kappa shape index (κ3) is 7.39. The minimum absolute atomic E-state index is 0.00613. The molecule has 176 valence electrons. The lowest BCUT2D eigenvalue weighted by atomic mass is 10.3. The quantitative estimate of drug-likeness (QED) is 0.515. The van der Waals surface area contributed by atoms with Gasteiger partial charge < -0.3 is 25.0 Å². The number of ether oxygens (including phenoxy) is 2. The smallest absolute Gasteiger partial charge is 0.262 e. The van der Waals surface area contributed by atoms with Crippen molar-refractivity contribution in [1.82, 2.24) is 4.90 Å². The van der Waals surface area contributed by atoms with E-state index in [2.05, 4.69) is 10.6 Å². The summed E-state index contributed by atoms with van der Waals surface area (Å²) >= 11 is 6.24. The van der Waals surface area contributed by atoms with E-state index in [1.165, 1.54) is 0 Å². The van der Waals surface area contributed by atoms with Gasteiger partial charge in [-0.2, -0.15) is 0 Å². The van der Waals surface area contributed by atoms with Gasteiger partial charge in [0.05, 0.1) is 5.02 Å². The van der Waals surface area contributed by atoms with E-state index in [1.807, 2.05) is 13.8 Å². The Morgan fingerprint density at radius 1 is 0.970 bits per heavy atom. The van der Waals surface area contributed by atoms with E-state index in [0.717, 1.165) is 12.8 Å². The minimum Gasteiger partial charge on any atom is -0.484 e. The average molecular weight is 474 g/mol. The van der Waals surface area contributed by atoms with Crippen molar-refractivity contribution < 1.29 is 23.9 Å². The molecule has 0 unspecified atom stereocenters. The first-order valence-corrected chi connectivity index (χ1v) is 11.3. The Morgan fingerprint density at radius 2 is 1.70 bits per heavy atom. The molecule has 2 N–H and O–H groups in total. The topological polar surface area (TPSA) is 97.0 Å². The highest BCUT2D eigenvalue weighted by atomic mass is 35.5. The summed E-state index contributed by atoms with van der Waals surface area (Å²) in [6.07, 6.45) is 1.85. The first kappa shape index (κ1) is 24.4. The van der Waals surface area contributed by atoms with Gasteiger partial charge in [-0.05, 0) is 57.0 Å². The summed E-state index contributed by atoms with van der Waals surface area (Å²) in [5.41, 5.74) is 1.10. The molecule has 33 heavy (non-hydrogen) atoms. The number of hydrogen-bond donors (Lipinski definition) is 2. The van der Waals surface area contributed by atoms with E-state index in [0.29, 0.717) is 36.0 Å². The molecule has 0 spiro atoms. The van der Waals surface area contributed by atoms with Gasteiger partial charge in [0.15, 0.2) is 13.2 Å². The monoisotopic (exact) mass is 473 g/mol. The molecule has 9 heteroatoms. The van der Waals surface area contributed by atoms with E-state index in [-0.39, 0.29) is 41.9 Å². The Kier molecular flexibility index (Phi) is 8.54. The van der Waals surface area contributed by atoms with Crippen LogP contribution in [0, 0.1) is 5.92 Å². The molecule has 0 heterocycles. The summed E-state index contributed by atoms with van der Waals surface area (Å²) in [4.78, 5) is 37.9. The lowest BCUT2D eigenvalue weighted by molar-refractivity contribution is -0.133. The van der Waals surface area contributed by atoms with Crippen LogP contribution in [0.4, 0.5) is 11.4 Å². The maximum atomic E-state index is 12.3. The average Bonchev–Trinajstić information content (AvgIpc) is 3.64.